The number of aryl methyl sites for hydroxylation is 2. The van der Waals surface area contributed by atoms with Crippen LogP contribution in [0, 0.1) is 6.92 Å². The summed E-state index contributed by atoms with van der Waals surface area (Å²) in [5.74, 6) is 1.47. The second-order valence-electron chi connectivity index (χ2n) is 4.69. The highest BCUT2D eigenvalue weighted by Gasteiger charge is 2.16. The van der Waals surface area contributed by atoms with Crippen molar-refractivity contribution in [1.82, 2.24) is 19.9 Å². The van der Waals surface area contributed by atoms with Crippen molar-refractivity contribution in [2.24, 2.45) is 0 Å². The van der Waals surface area contributed by atoms with Gasteiger partial charge in [0, 0.05) is 23.0 Å². The number of H-pyrrole nitrogens is 1. The third-order valence-electron chi connectivity index (χ3n) is 3.22. The SMILES string of the molecule is Cc1cc(=O)[nH]c(CNc2ncnc3c2CCC3)n1. The summed E-state index contributed by atoms with van der Waals surface area (Å²) in [6, 6.07) is 1.48. The minimum Gasteiger partial charge on any atom is -0.363 e. The van der Waals surface area contributed by atoms with Crippen LogP contribution in [-0.2, 0) is 19.4 Å². The van der Waals surface area contributed by atoms with Gasteiger partial charge in [0.05, 0.1) is 6.54 Å². The van der Waals surface area contributed by atoms with Gasteiger partial charge in [-0.2, -0.15) is 0 Å². The molecule has 0 spiro atoms. The summed E-state index contributed by atoms with van der Waals surface area (Å²) in [5.41, 5.74) is 2.91. The van der Waals surface area contributed by atoms with E-state index in [4.69, 9.17) is 0 Å². The standard InChI is InChI=1S/C13H15N5O/c1-8-5-12(19)18-11(17-8)6-14-13-9-3-2-4-10(9)15-7-16-13/h5,7H,2-4,6H2,1H3,(H,14,15,16)(H,17,18,19). The normalized spacial score (nSPS) is 13.3. The van der Waals surface area contributed by atoms with Crippen molar-refractivity contribution in [1.29, 1.82) is 0 Å². The molecule has 0 radical (unpaired) electrons. The van der Waals surface area contributed by atoms with Crippen LogP contribution in [0.5, 0.6) is 0 Å². The fourth-order valence-electron chi connectivity index (χ4n) is 2.40. The van der Waals surface area contributed by atoms with Gasteiger partial charge in [-0.05, 0) is 26.2 Å². The molecule has 2 N–H and O–H groups in total. The predicted octanol–water partition coefficient (Wildman–Crippen LogP) is 0.969. The van der Waals surface area contributed by atoms with Gasteiger partial charge in [-0.15, -0.1) is 0 Å². The van der Waals surface area contributed by atoms with Gasteiger partial charge in [-0.1, -0.05) is 0 Å². The summed E-state index contributed by atoms with van der Waals surface area (Å²) in [6.07, 6.45) is 4.74. The Morgan fingerprint density at radius 2 is 2.26 bits per heavy atom. The molecule has 0 bridgehead atoms. The zero-order valence-electron chi connectivity index (χ0n) is 10.7. The van der Waals surface area contributed by atoms with E-state index in [1.807, 2.05) is 0 Å². The summed E-state index contributed by atoms with van der Waals surface area (Å²) in [6.45, 7) is 2.27. The highest BCUT2D eigenvalue weighted by molar-refractivity contribution is 5.47. The average molecular weight is 257 g/mol. The Labute approximate surface area is 110 Å². The van der Waals surface area contributed by atoms with Crippen molar-refractivity contribution in [3.63, 3.8) is 0 Å². The summed E-state index contributed by atoms with van der Waals surface area (Å²) < 4.78 is 0. The Hall–Kier alpha value is -2.24. The number of aromatic nitrogens is 4. The van der Waals surface area contributed by atoms with Crippen molar-refractivity contribution >= 4 is 5.82 Å². The maximum atomic E-state index is 11.4. The topological polar surface area (TPSA) is 83.6 Å². The molecule has 1 aliphatic carbocycles. The quantitative estimate of drug-likeness (QED) is 0.856. The average Bonchev–Trinajstić information content (AvgIpc) is 2.83. The van der Waals surface area contributed by atoms with Crippen LogP contribution in [0.3, 0.4) is 0 Å². The monoisotopic (exact) mass is 257 g/mol. The minimum absolute atomic E-state index is 0.128. The van der Waals surface area contributed by atoms with Crippen LogP contribution in [-0.4, -0.2) is 19.9 Å². The van der Waals surface area contributed by atoms with Crippen LogP contribution in [0.4, 0.5) is 5.82 Å². The number of hydrogen-bond acceptors (Lipinski definition) is 5. The van der Waals surface area contributed by atoms with E-state index in [1.165, 1.54) is 11.6 Å². The van der Waals surface area contributed by atoms with Crippen LogP contribution >= 0.6 is 0 Å². The van der Waals surface area contributed by atoms with E-state index in [0.717, 1.165) is 30.8 Å². The Bertz CT molecular complexity index is 664. The van der Waals surface area contributed by atoms with Crippen LogP contribution in [0.1, 0.15) is 29.2 Å². The molecule has 0 amide bonds. The number of fused-ring (bicyclic) bond motifs is 1. The third kappa shape index (κ3) is 2.47. The zero-order valence-corrected chi connectivity index (χ0v) is 10.7. The van der Waals surface area contributed by atoms with Crippen molar-refractivity contribution in [2.45, 2.75) is 32.7 Å². The van der Waals surface area contributed by atoms with Crippen molar-refractivity contribution in [3.8, 4) is 0 Å². The molecule has 0 aromatic carbocycles. The lowest BCUT2D eigenvalue weighted by atomic mass is 10.2. The molecule has 0 atom stereocenters. The molecule has 2 aromatic heterocycles. The predicted molar refractivity (Wildman–Crippen MR) is 71.0 cm³/mol. The molecule has 1 aliphatic rings. The first-order valence-corrected chi connectivity index (χ1v) is 6.36. The van der Waals surface area contributed by atoms with Crippen molar-refractivity contribution in [3.05, 3.63) is 45.5 Å². The molecule has 0 aliphatic heterocycles. The summed E-state index contributed by atoms with van der Waals surface area (Å²) in [4.78, 5) is 26.9. The molecule has 2 heterocycles. The molecular formula is C13H15N5O. The number of aromatic amines is 1. The molecule has 19 heavy (non-hydrogen) atoms. The summed E-state index contributed by atoms with van der Waals surface area (Å²) in [7, 11) is 0. The first-order chi connectivity index (χ1) is 9.22. The molecule has 0 saturated heterocycles. The van der Waals surface area contributed by atoms with Gasteiger partial charge < -0.3 is 10.3 Å². The van der Waals surface area contributed by atoms with Gasteiger partial charge in [0.25, 0.3) is 5.56 Å². The minimum atomic E-state index is -0.128. The lowest BCUT2D eigenvalue weighted by Gasteiger charge is -2.09. The van der Waals surface area contributed by atoms with Gasteiger partial charge in [0.15, 0.2) is 0 Å². The number of rotatable bonds is 3. The lowest BCUT2D eigenvalue weighted by molar-refractivity contribution is 0.892. The molecule has 2 aromatic rings. The van der Waals surface area contributed by atoms with E-state index in [1.54, 1.807) is 13.3 Å². The fraction of sp³-hybridized carbons (Fsp3) is 0.385. The summed E-state index contributed by atoms with van der Waals surface area (Å²) >= 11 is 0. The molecule has 6 nitrogen and oxygen atoms in total. The molecule has 3 rings (SSSR count). The maximum absolute atomic E-state index is 11.4. The van der Waals surface area contributed by atoms with E-state index in [2.05, 4.69) is 25.3 Å². The third-order valence-corrected chi connectivity index (χ3v) is 3.22. The van der Waals surface area contributed by atoms with E-state index in [9.17, 15) is 4.79 Å². The van der Waals surface area contributed by atoms with Crippen molar-refractivity contribution < 1.29 is 0 Å². The Morgan fingerprint density at radius 1 is 1.37 bits per heavy atom. The largest absolute Gasteiger partial charge is 0.363 e. The second kappa shape index (κ2) is 4.79. The number of nitrogens with zero attached hydrogens (tertiary/aromatic N) is 3. The Balaban J connectivity index is 1.80. The van der Waals surface area contributed by atoms with Gasteiger partial charge in [0.2, 0.25) is 0 Å². The van der Waals surface area contributed by atoms with Gasteiger partial charge in [-0.3, -0.25) is 4.79 Å². The molecule has 98 valence electrons. The molecule has 0 saturated carbocycles. The highest BCUT2D eigenvalue weighted by Crippen LogP contribution is 2.25. The molecule has 6 heteroatoms. The first kappa shape index (κ1) is 11.8. The van der Waals surface area contributed by atoms with E-state index >= 15 is 0 Å². The first-order valence-electron chi connectivity index (χ1n) is 6.36. The Kier molecular flexibility index (Phi) is 2.98. The second-order valence-corrected chi connectivity index (χ2v) is 4.69. The Morgan fingerprint density at radius 3 is 3.11 bits per heavy atom. The van der Waals surface area contributed by atoms with E-state index < -0.39 is 0 Å². The number of hydrogen-bond donors (Lipinski definition) is 2. The van der Waals surface area contributed by atoms with Gasteiger partial charge in [-0.25, -0.2) is 15.0 Å². The fourth-order valence-corrected chi connectivity index (χ4v) is 2.40. The van der Waals surface area contributed by atoms with Crippen LogP contribution < -0.4 is 10.9 Å². The van der Waals surface area contributed by atoms with Crippen LogP contribution in [0.15, 0.2) is 17.2 Å². The van der Waals surface area contributed by atoms with Gasteiger partial charge >= 0.3 is 0 Å². The number of nitrogens with one attached hydrogen (secondary N) is 2. The highest BCUT2D eigenvalue weighted by atomic mass is 16.1. The van der Waals surface area contributed by atoms with Crippen molar-refractivity contribution in [2.75, 3.05) is 5.32 Å². The smallest absolute Gasteiger partial charge is 0.251 e. The van der Waals surface area contributed by atoms with Crippen LogP contribution in [0.2, 0.25) is 0 Å². The lowest BCUT2D eigenvalue weighted by Crippen LogP contribution is -2.15. The van der Waals surface area contributed by atoms with Crippen LogP contribution in [0.25, 0.3) is 0 Å². The van der Waals surface area contributed by atoms with E-state index in [0.29, 0.717) is 18.1 Å². The molecule has 0 unspecified atom stereocenters. The molecule has 0 fully saturated rings. The maximum Gasteiger partial charge on any atom is 0.251 e. The molecular weight excluding hydrogens is 242 g/mol. The summed E-state index contributed by atoms with van der Waals surface area (Å²) in [5, 5.41) is 3.23. The van der Waals surface area contributed by atoms with Gasteiger partial charge in [0.1, 0.15) is 18.0 Å². The number of anilines is 1. The van der Waals surface area contributed by atoms with E-state index in [-0.39, 0.29) is 5.56 Å². The zero-order chi connectivity index (χ0) is 13.2.